The molecule has 0 aliphatic rings. The molecule has 4 nitrogen and oxygen atoms in total. The summed E-state index contributed by atoms with van der Waals surface area (Å²) in [6.45, 7) is 3.15. The van der Waals surface area contributed by atoms with Gasteiger partial charge >= 0.3 is 0 Å². The lowest BCUT2D eigenvalue weighted by atomic mass is 10.1. The van der Waals surface area contributed by atoms with Crippen LogP contribution in [0.1, 0.15) is 17.3 Å². The quantitative estimate of drug-likeness (QED) is 0.627. The van der Waals surface area contributed by atoms with E-state index in [4.69, 9.17) is 12.2 Å². The van der Waals surface area contributed by atoms with Crippen molar-refractivity contribution in [2.45, 2.75) is 6.92 Å². The molecule has 0 unspecified atom stereocenters. The van der Waals surface area contributed by atoms with E-state index in [0.29, 0.717) is 17.2 Å². The smallest absolute Gasteiger partial charge is 0.176 e. The average Bonchev–Trinajstić information content (AvgIpc) is 2.28. The van der Waals surface area contributed by atoms with Crippen LogP contribution in [0.5, 0.6) is 0 Å². The normalized spacial score (nSPS) is 10.2. The summed E-state index contributed by atoms with van der Waals surface area (Å²) in [7, 11) is 3.75. The molecule has 0 spiro atoms. The van der Waals surface area contributed by atoms with Gasteiger partial charge in [0, 0.05) is 17.8 Å². The predicted octanol–water partition coefficient (Wildman–Crippen LogP) is 1.74. The lowest BCUT2D eigenvalue weighted by Crippen LogP contribution is -2.28. The molecule has 0 aromatic heterocycles. The van der Waals surface area contributed by atoms with Crippen molar-refractivity contribution >= 4 is 28.8 Å². The summed E-state index contributed by atoms with van der Waals surface area (Å²) in [5, 5.41) is 6.61. The van der Waals surface area contributed by atoms with Crippen LogP contribution in [0.25, 0.3) is 0 Å². The van der Waals surface area contributed by atoms with E-state index in [9.17, 15) is 4.79 Å². The highest BCUT2D eigenvalue weighted by atomic mass is 32.1. The summed E-state index contributed by atoms with van der Waals surface area (Å²) >= 11 is 5.10. The number of hydrogen-bond donors (Lipinski definition) is 2. The first-order valence-corrected chi connectivity index (χ1v) is 6.26. The Balaban J connectivity index is 2.73. The van der Waals surface area contributed by atoms with Crippen molar-refractivity contribution < 1.29 is 4.79 Å². The molecule has 18 heavy (non-hydrogen) atoms. The summed E-state index contributed by atoms with van der Waals surface area (Å²) in [6, 6.07) is 7.36. The van der Waals surface area contributed by atoms with Crippen molar-refractivity contribution in [3.63, 3.8) is 0 Å². The number of nitrogens with zero attached hydrogens (tertiary/aromatic N) is 1. The summed E-state index contributed by atoms with van der Waals surface area (Å²) < 4.78 is 0. The van der Waals surface area contributed by atoms with Gasteiger partial charge in [-0.3, -0.25) is 4.79 Å². The fourth-order valence-corrected chi connectivity index (χ4v) is 1.75. The molecule has 0 atom stereocenters. The van der Waals surface area contributed by atoms with Crippen LogP contribution in [0, 0.1) is 0 Å². The molecule has 1 aromatic carbocycles. The first-order chi connectivity index (χ1) is 8.52. The van der Waals surface area contributed by atoms with E-state index in [1.54, 1.807) is 0 Å². The van der Waals surface area contributed by atoms with Crippen molar-refractivity contribution in [2.24, 2.45) is 0 Å². The van der Waals surface area contributed by atoms with Gasteiger partial charge in [0.15, 0.2) is 10.9 Å². The Kier molecular flexibility index (Phi) is 5.74. The fourth-order valence-electron chi connectivity index (χ4n) is 1.48. The van der Waals surface area contributed by atoms with Gasteiger partial charge in [-0.2, -0.15) is 0 Å². The minimum Gasteiger partial charge on any atom is -0.363 e. The molecular weight excluding hydrogens is 246 g/mol. The van der Waals surface area contributed by atoms with E-state index in [-0.39, 0.29) is 5.78 Å². The standard InChI is InChI=1S/C13H19N3OS/c1-4-14-13(18)15-11-7-5-6-10(8-11)12(17)9-16(2)3/h5-8H,4,9H2,1-3H3,(H2,14,15,18). The first-order valence-electron chi connectivity index (χ1n) is 5.85. The Hall–Kier alpha value is -1.46. The second-order valence-electron chi connectivity index (χ2n) is 4.23. The molecule has 0 fully saturated rings. The van der Waals surface area contributed by atoms with Crippen LogP contribution in [0.2, 0.25) is 0 Å². The van der Waals surface area contributed by atoms with Gasteiger partial charge in [-0.1, -0.05) is 12.1 Å². The fraction of sp³-hybridized carbons (Fsp3) is 0.385. The molecule has 1 aromatic rings. The third kappa shape index (κ3) is 4.81. The molecule has 0 heterocycles. The van der Waals surface area contributed by atoms with Gasteiger partial charge in [0.1, 0.15) is 0 Å². The van der Waals surface area contributed by atoms with Crippen LogP contribution >= 0.6 is 12.2 Å². The Morgan fingerprint density at radius 1 is 1.39 bits per heavy atom. The number of ketones is 1. The second-order valence-corrected chi connectivity index (χ2v) is 4.63. The highest BCUT2D eigenvalue weighted by Crippen LogP contribution is 2.11. The number of benzene rings is 1. The van der Waals surface area contributed by atoms with E-state index < -0.39 is 0 Å². The van der Waals surface area contributed by atoms with Crippen LogP contribution in [0.15, 0.2) is 24.3 Å². The lowest BCUT2D eigenvalue weighted by Gasteiger charge is -2.11. The first kappa shape index (κ1) is 14.6. The minimum atomic E-state index is 0.0954. The summed E-state index contributed by atoms with van der Waals surface area (Å²) in [4.78, 5) is 13.8. The van der Waals surface area contributed by atoms with Gasteiger partial charge in [0.2, 0.25) is 0 Å². The van der Waals surface area contributed by atoms with E-state index in [2.05, 4.69) is 10.6 Å². The zero-order valence-electron chi connectivity index (χ0n) is 11.0. The van der Waals surface area contributed by atoms with Gasteiger partial charge in [-0.15, -0.1) is 0 Å². The maximum Gasteiger partial charge on any atom is 0.176 e. The molecule has 0 saturated heterocycles. The number of carbonyl (C=O) groups excluding carboxylic acids is 1. The molecule has 0 aliphatic carbocycles. The Morgan fingerprint density at radius 2 is 2.11 bits per heavy atom. The van der Waals surface area contributed by atoms with Crippen LogP contribution in [-0.2, 0) is 0 Å². The van der Waals surface area contributed by atoms with Crippen molar-refractivity contribution in [3.05, 3.63) is 29.8 Å². The monoisotopic (exact) mass is 265 g/mol. The zero-order valence-corrected chi connectivity index (χ0v) is 11.8. The van der Waals surface area contributed by atoms with Crippen LogP contribution < -0.4 is 10.6 Å². The summed E-state index contributed by atoms with van der Waals surface area (Å²) in [6.07, 6.45) is 0. The maximum absolute atomic E-state index is 11.9. The second kappa shape index (κ2) is 7.08. The largest absolute Gasteiger partial charge is 0.363 e. The van der Waals surface area contributed by atoms with Crippen molar-refractivity contribution in [3.8, 4) is 0 Å². The number of likely N-dealkylation sites (N-methyl/N-ethyl adjacent to an activating group) is 1. The SMILES string of the molecule is CCNC(=S)Nc1cccc(C(=O)CN(C)C)c1. The maximum atomic E-state index is 11.9. The van der Waals surface area contributed by atoms with Crippen LogP contribution in [-0.4, -0.2) is 43.0 Å². The van der Waals surface area contributed by atoms with E-state index in [1.807, 2.05) is 50.2 Å². The minimum absolute atomic E-state index is 0.0954. The lowest BCUT2D eigenvalue weighted by molar-refractivity contribution is 0.0958. The predicted molar refractivity (Wildman–Crippen MR) is 79.2 cm³/mol. The van der Waals surface area contributed by atoms with Gasteiger partial charge < -0.3 is 15.5 Å². The Labute approximate surface area is 113 Å². The molecule has 1 rings (SSSR count). The Bertz CT molecular complexity index is 432. The third-order valence-electron chi connectivity index (χ3n) is 2.24. The molecule has 5 heteroatoms. The summed E-state index contributed by atoms with van der Waals surface area (Å²) in [5.74, 6) is 0.0954. The molecule has 0 amide bonds. The molecular formula is C13H19N3OS. The topological polar surface area (TPSA) is 44.4 Å². The molecule has 0 aliphatic heterocycles. The third-order valence-corrected chi connectivity index (χ3v) is 2.49. The number of anilines is 1. The number of nitrogens with one attached hydrogen (secondary N) is 2. The van der Waals surface area contributed by atoms with Gasteiger partial charge in [-0.05, 0) is 45.4 Å². The number of carbonyl (C=O) groups is 1. The van der Waals surface area contributed by atoms with Crippen molar-refractivity contribution in [2.75, 3.05) is 32.5 Å². The van der Waals surface area contributed by atoms with Crippen LogP contribution in [0.3, 0.4) is 0 Å². The molecule has 2 N–H and O–H groups in total. The summed E-state index contributed by atoms with van der Waals surface area (Å²) in [5.41, 5.74) is 1.51. The molecule has 0 radical (unpaired) electrons. The van der Waals surface area contributed by atoms with E-state index in [0.717, 1.165) is 12.2 Å². The zero-order chi connectivity index (χ0) is 13.5. The molecule has 98 valence electrons. The van der Waals surface area contributed by atoms with E-state index >= 15 is 0 Å². The number of rotatable bonds is 5. The number of Topliss-reactive ketones (excluding diaryl/α,β-unsaturated/α-hetero) is 1. The highest BCUT2D eigenvalue weighted by molar-refractivity contribution is 7.80. The van der Waals surface area contributed by atoms with Crippen LogP contribution in [0.4, 0.5) is 5.69 Å². The van der Waals surface area contributed by atoms with Gasteiger partial charge in [-0.25, -0.2) is 0 Å². The average molecular weight is 265 g/mol. The van der Waals surface area contributed by atoms with Crippen molar-refractivity contribution in [1.82, 2.24) is 10.2 Å². The highest BCUT2D eigenvalue weighted by Gasteiger charge is 2.07. The van der Waals surface area contributed by atoms with Gasteiger partial charge in [0.25, 0.3) is 0 Å². The van der Waals surface area contributed by atoms with Crippen molar-refractivity contribution in [1.29, 1.82) is 0 Å². The molecule has 0 bridgehead atoms. The number of hydrogen-bond acceptors (Lipinski definition) is 3. The Morgan fingerprint density at radius 3 is 2.72 bits per heavy atom. The van der Waals surface area contributed by atoms with Gasteiger partial charge in [0.05, 0.1) is 6.54 Å². The molecule has 0 saturated carbocycles. The number of thiocarbonyl (C=S) groups is 1. The van der Waals surface area contributed by atoms with E-state index in [1.165, 1.54) is 0 Å².